The average Bonchev–Trinajstić information content (AvgIpc) is 2.65. The molecule has 0 bridgehead atoms. The molecule has 2 N–H and O–H groups in total. The minimum atomic E-state index is -2.65. The molecule has 0 aliphatic rings. The number of ether oxygens (including phenoxy) is 1. The highest BCUT2D eigenvalue weighted by atomic mass is 28.4. The summed E-state index contributed by atoms with van der Waals surface area (Å²) in [5.74, 6) is -0.799. The van der Waals surface area contributed by atoms with Crippen molar-refractivity contribution in [3.63, 3.8) is 0 Å². The molecule has 5 heteroatoms. The Morgan fingerprint density at radius 1 is 1.00 bits per heavy atom. The van der Waals surface area contributed by atoms with Crippen molar-refractivity contribution in [3.8, 4) is 0 Å². The molecule has 0 aliphatic carbocycles. The fourth-order valence-corrected chi connectivity index (χ4v) is 7.99. The number of nitrogens with two attached hydrogens (primary N) is 1. The van der Waals surface area contributed by atoms with Gasteiger partial charge in [-0.05, 0) is 15.4 Å². The predicted octanol–water partition coefficient (Wildman–Crippen LogP) is 2.31. The largest absolute Gasteiger partial charge is 0.469 e. The zero-order chi connectivity index (χ0) is 19.2. The second-order valence-corrected chi connectivity index (χ2v) is 11.7. The van der Waals surface area contributed by atoms with Gasteiger partial charge in [0.25, 0.3) is 8.32 Å². The zero-order valence-electron chi connectivity index (χ0n) is 16.1. The molecule has 0 aliphatic heterocycles. The zero-order valence-corrected chi connectivity index (χ0v) is 17.1. The van der Waals surface area contributed by atoms with Crippen LogP contribution < -0.4 is 16.1 Å². The summed E-state index contributed by atoms with van der Waals surface area (Å²) < 4.78 is 11.6. The van der Waals surface area contributed by atoms with Crippen LogP contribution in [0.5, 0.6) is 0 Å². The number of esters is 1. The van der Waals surface area contributed by atoms with Gasteiger partial charge in [0.2, 0.25) is 0 Å². The third-order valence-corrected chi connectivity index (χ3v) is 9.74. The molecule has 0 heterocycles. The highest BCUT2D eigenvalue weighted by Crippen LogP contribution is 2.37. The molecule has 1 unspecified atom stereocenters. The molecule has 2 aromatic carbocycles. The number of hydrogen-bond donors (Lipinski definition) is 1. The van der Waals surface area contributed by atoms with Crippen molar-refractivity contribution in [3.05, 3.63) is 60.7 Å². The fraction of sp³-hybridized carbons (Fsp3) is 0.381. The Labute approximate surface area is 157 Å². The highest BCUT2D eigenvalue weighted by Gasteiger charge is 2.50. The monoisotopic (exact) mass is 371 g/mol. The van der Waals surface area contributed by atoms with Crippen LogP contribution in [0.3, 0.4) is 0 Å². The van der Waals surface area contributed by atoms with E-state index in [1.807, 2.05) is 36.4 Å². The van der Waals surface area contributed by atoms with Gasteiger partial charge in [0.05, 0.1) is 13.0 Å². The Hall–Kier alpha value is -1.95. The molecule has 2 aromatic rings. The van der Waals surface area contributed by atoms with E-state index in [1.54, 1.807) is 0 Å². The van der Waals surface area contributed by atoms with E-state index >= 15 is 0 Å². The molecule has 4 nitrogen and oxygen atoms in total. The van der Waals surface area contributed by atoms with Crippen LogP contribution in [0.1, 0.15) is 20.8 Å². The summed E-state index contributed by atoms with van der Waals surface area (Å²) in [5, 5.41) is 2.23. The van der Waals surface area contributed by atoms with Gasteiger partial charge in [0.1, 0.15) is 0 Å². The maximum Gasteiger partial charge on any atom is 0.312 e. The van der Waals surface area contributed by atoms with Gasteiger partial charge in [0.15, 0.2) is 0 Å². The van der Waals surface area contributed by atoms with Crippen LogP contribution in [0.15, 0.2) is 60.7 Å². The minimum Gasteiger partial charge on any atom is -0.469 e. The van der Waals surface area contributed by atoms with Crippen LogP contribution in [-0.4, -0.2) is 34.5 Å². The van der Waals surface area contributed by atoms with E-state index in [9.17, 15) is 4.79 Å². The van der Waals surface area contributed by atoms with Crippen LogP contribution >= 0.6 is 0 Å². The molecule has 0 saturated carbocycles. The lowest BCUT2D eigenvalue weighted by Gasteiger charge is -2.43. The number of carbonyl (C=O) groups excluding carboxylic acids is 1. The molecular formula is C21H29NO3Si. The van der Waals surface area contributed by atoms with Crippen molar-refractivity contribution < 1.29 is 14.0 Å². The molecule has 0 saturated heterocycles. The van der Waals surface area contributed by atoms with Gasteiger partial charge in [-0.25, -0.2) is 0 Å². The SMILES string of the molecule is COC(=O)C(CN)CO[Si](c1ccccc1)(c1ccccc1)C(C)(C)C. The van der Waals surface area contributed by atoms with E-state index in [4.69, 9.17) is 14.9 Å². The lowest BCUT2D eigenvalue weighted by Crippen LogP contribution is -2.67. The Bertz CT molecular complexity index is 659. The molecule has 0 spiro atoms. The van der Waals surface area contributed by atoms with Gasteiger partial charge in [-0.15, -0.1) is 0 Å². The van der Waals surface area contributed by atoms with Crippen molar-refractivity contribution in [1.29, 1.82) is 0 Å². The summed E-state index contributed by atoms with van der Waals surface area (Å²) in [6.45, 7) is 7.06. The van der Waals surface area contributed by atoms with Crippen LogP contribution in [0, 0.1) is 5.92 Å². The van der Waals surface area contributed by atoms with Gasteiger partial charge in [-0.1, -0.05) is 81.4 Å². The first kappa shape index (κ1) is 20.4. The molecule has 0 amide bonds. The van der Waals surface area contributed by atoms with Gasteiger partial charge in [-0.3, -0.25) is 4.79 Å². The molecular weight excluding hydrogens is 342 g/mol. The summed E-state index contributed by atoms with van der Waals surface area (Å²) in [6, 6.07) is 20.7. The fourth-order valence-electron chi connectivity index (χ4n) is 3.39. The summed E-state index contributed by atoms with van der Waals surface area (Å²) in [6.07, 6.45) is 0. The summed E-state index contributed by atoms with van der Waals surface area (Å²) in [5.41, 5.74) is 5.80. The van der Waals surface area contributed by atoms with Crippen molar-refractivity contribution >= 4 is 24.7 Å². The van der Waals surface area contributed by atoms with E-state index in [0.29, 0.717) is 0 Å². The Morgan fingerprint density at radius 3 is 1.81 bits per heavy atom. The molecule has 2 rings (SSSR count). The Balaban J connectivity index is 2.55. The summed E-state index contributed by atoms with van der Waals surface area (Å²) >= 11 is 0. The van der Waals surface area contributed by atoms with Crippen LogP contribution in [-0.2, 0) is 14.0 Å². The van der Waals surface area contributed by atoms with Crippen LogP contribution in [0.4, 0.5) is 0 Å². The molecule has 0 radical (unpaired) electrons. The van der Waals surface area contributed by atoms with E-state index in [-0.39, 0.29) is 24.2 Å². The van der Waals surface area contributed by atoms with Crippen molar-refractivity contribution in [1.82, 2.24) is 0 Å². The summed E-state index contributed by atoms with van der Waals surface area (Å²) in [4.78, 5) is 12.0. The van der Waals surface area contributed by atoms with Crippen molar-refractivity contribution in [2.45, 2.75) is 25.8 Å². The summed E-state index contributed by atoms with van der Waals surface area (Å²) in [7, 11) is -1.27. The van der Waals surface area contributed by atoms with Gasteiger partial charge in [-0.2, -0.15) is 0 Å². The van der Waals surface area contributed by atoms with Gasteiger partial charge >= 0.3 is 5.97 Å². The van der Waals surface area contributed by atoms with Crippen molar-refractivity contribution in [2.24, 2.45) is 11.7 Å². The molecule has 1 atom stereocenters. The van der Waals surface area contributed by atoms with E-state index in [0.717, 1.165) is 0 Å². The standard InChI is InChI=1S/C21H29NO3Si/c1-21(2,3)26(18-11-7-5-8-12-18,19-13-9-6-10-14-19)25-16-17(15-22)20(23)24-4/h5-14,17H,15-16,22H2,1-4H3. The number of methoxy groups -OCH3 is 1. The van der Waals surface area contributed by atoms with Crippen LogP contribution in [0.2, 0.25) is 5.04 Å². The molecule has 0 fully saturated rings. The predicted molar refractivity (Wildman–Crippen MR) is 108 cm³/mol. The van der Waals surface area contributed by atoms with E-state index < -0.39 is 14.2 Å². The third-order valence-electron chi connectivity index (χ3n) is 4.74. The number of hydrogen-bond acceptors (Lipinski definition) is 4. The Kier molecular flexibility index (Phi) is 6.75. The van der Waals surface area contributed by atoms with Crippen molar-refractivity contribution in [2.75, 3.05) is 20.3 Å². The van der Waals surface area contributed by atoms with Crippen LogP contribution in [0.25, 0.3) is 0 Å². The number of carbonyl (C=O) groups is 1. The second kappa shape index (κ2) is 8.62. The third kappa shape index (κ3) is 4.06. The average molecular weight is 372 g/mol. The molecule has 140 valence electrons. The first-order chi connectivity index (χ1) is 12.4. The quantitative estimate of drug-likeness (QED) is 0.599. The molecule has 26 heavy (non-hydrogen) atoms. The smallest absolute Gasteiger partial charge is 0.312 e. The second-order valence-electron chi connectivity index (χ2n) is 7.43. The maximum atomic E-state index is 12.0. The van der Waals surface area contributed by atoms with Gasteiger partial charge in [0, 0.05) is 13.2 Å². The Morgan fingerprint density at radius 2 is 1.46 bits per heavy atom. The van der Waals surface area contributed by atoms with E-state index in [1.165, 1.54) is 17.5 Å². The first-order valence-electron chi connectivity index (χ1n) is 8.89. The number of benzene rings is 2. The highest BCUT2D eigenvalue weighted by molar-refractivity contribution is 6.99. The maximum absolute atomic E-state index is 12.0. The minimum absolute atomic E-state index is 0.134. The lowest BCUT2D eigenvalue weighted by atomic mass is 10.2. The normalized spacial score (nSPS) is 13.3. The van der Waals surface area contributed by atoms with Gasteiger partial charge < -0.3 is 14.9 Å². The first-order valence-corrected chi connectivity index (χ1v) is 10.8. The lowest BCUT2D eigenvalue weighted by molar-refractivity contribution is -0.146. The number of rotatable bonds is 7. The molecule has 0 aromatic heterocycles. The topological polar surface area (TPSA) is 61.5 Å². The van der Waals surface area contributed by atoms with E-state index in [2.05, 4.69) is 45.0 Å².